The number of rotatable bonds is 3. The fourth-order valence-electron chi connectivity index (χ4n) is 2.84. The molecule has 2 aliphatic heterocycles. The van der Waals surface area contributed by atoms with Crippen LogP contribution in [0.2, 0.25) is 0 Å². The topological polar surface area (TPSA) is 80.8 Å². The lowest BCUT2D eigenvalue weighted by molar-refractivity contribution is -0.161. The predicted octanol–water partition coefficient (Wildman–Crippen LogP) is 1.18. The van der Waals surface area contributed by atoms with Gasteiger partial charge in [0.2, 0.25) is 0 Å². The Kier molecular flexibility index (Phi) is 4.25. The number of hydrogen-bond acceptors (Lipinski definition) is 6. The molecule has 0 spiro atoms. The van der Waals surface area contributed by atoms with Crippen LogP contribution < -0.4 is 0 Å². The van der Waals surface area contributed by atoms with Crippen molar-refractivity contribution in [1.29, 1.82) is 0 Å². The van der Waals surface area contributed by atoms with Crippen molar-refractivity contribution in [2.24, 2.45) is 5.41 Å². The highest BCUT2D eigenvalue weighted by atomic mass is 32.3. The molecule has 2 aliphatic rings. The number of hydrogen-bond donors (Lipinski definition) is 0. The van der Waals surface area contributed by atoms with E-state index in [2.05, 4.69) is 0 Å². The van der Waals surface area contributed by atoms with Crippen molar-refractivity contribution in [3.8, 4) is 0 Å². The van der Waals surface area contributed by atoms with Gasteiger partial charge in [-0.25, -0.2) is 8.42 Å². The number of Topliss-reactive ketones (excluding diaryl/α,β-unsaturated/α-hetero) is 1. The number of methoxy groups -OCH3 is 1. The van der Waals surface area contributed by atoms with E-state index < -0.39 is 37.2 Å². The Morgan fingerprint density at radius 2 is 1.86 bits per heavy atom. The van der Waals surface area contributed by atoms with Gasteiger partial charge < -0.3 is 4.74 Å². The third-order valence-electron chi connectivity index (χ3n) is 3.96. The van der Waals surface area contributed by atoms with Gasteiger partial charge in [-0.05, 0) is 18.8 Å². The zero-order chi connectivity index (χ0) is 17.0. The molecule has 1 amide bonds. The average molecular weight is 347 g/mol. The molecule has 124 valence electrons. The lowest BCUT2D eigenvalue weighted by atomic mass is 9.86. The smallest absolute Gasteiger partial charge is 0.260 e. The van der Waals surface area contributed by atoms with Gasteiger partial charge in [0.1, 0.15) is 4.58 Å². The minimum absolute atomic E-state index is 0.213. The van der Waals surface area contributed by atoms with Crippen molar-refractivity contribution in [2.75, 3.05) is 13.4 Å². The van der Waals surface area contributed by atoms with Crippen LogP contribution in [0, 0.1) is 5.41 Å². The molecular formula is C14H21NO5S2. The van der Waals surface area contributed by atoms with Crippen molar-refractivity contribution in [1.82, 2.24) is 4.90 Å². The summed E-state index contributed by atoms with van der Waals surface area (Å²) in [5, 5.41) is -1.10. The first kappa shape index (κ1) is 17.5. The van der Waals surface area contributed by atoms with Gasteiger partial charge in [-0.2, -0.15) is 0 Å². The Bertz CT molecular complexity index is 659. The summed E-state index contributed by atoms with van der Waals surface area (Å²) in [6, 6.07) is 0. The molecule has 0 aromatic rings. The second-order valence-electron chi connectivity index (χ2n) is 6.52. The van der Waals surface area contributed by atoms with Crippen molar-refractivity contribution >= 4 is 33.3 Å². The molecule has 0 N–H and O–H groups in total. The van der Waals surface area contributed by atoms with Gasteiger partial charge in [-0.1, -0.05) is 20.8 Å². The van der Waals surface area contributed by atoms with Crippen LogP contribution in [-0.2, 0) is 24.2 Å². The number of allylic oxidation sites excluding steroid dienone is 1. The molecule has 1 fully saturated rings. The summed E-state index contributed by atoms with van der Waals surface area (Å²) in [5.74, 6) is -0.700. The summed E-state index contributed by atoms with van der Waals surface area (Å²) >= 11 is 1.15. The molecule has 22 heavy (non-hydrogen) atoms. The number of ether oxygens (including phenoxy) is 1. The molecule has 1 saturated heterocycles. The second-order valence-corrected chi connectivity index (χ2v) is 9.90. The van der Waals surface area contributed by atoms with Crippen LogP contribution in [0.3, 0.4) is 0 Å². The highest BCUT2D eigenvalue weighted by Gasteiger charge is 2.63. The quantitative estimate of drug-likeness (QED) is 0.713. The Balaban J connectivity index is 2.66. The summed E-state index contributed by atoms with van der Waals surface area (Å²) in [7, 11) is -2.33. The van der Waals surface area contributed by atoms with Gasteiger partial charge in [-0.3, -0.25) is 14.5 Å². The van der Waals surface area contributed by atoms with E-state index in [4.69, 9.17) is 4.74 Å². The van der Waals surface area contributed by atoms with Crippen LogP contribution in [0.5, 0.6) is 0 Å². The highest BCUT2D eigenvalue weighted by molar-refractivity contribution is 8.13. The number of carbonyl (C=O) groups is 2. The van der Waals surface area contributed by atoms with Gasteiger partial charge in [-0.15, -0.1) is 11.8 Å². The Labute approximate surface area is 135 Å². The monoisotopic (exact) mass is 347 g/mol. The van der Waals surface area contributed by atoms with E-state index in [1.165, 1.54) is 7.11 Å². The van der Waals surface area contributed by atoms with Crippen LogP contribution in [-0.4, -0.2) is 54.4 Å². The van der Waals surface area contributed by atoms with Crippen LogP contribution in [0.15, 0.2) is 11.3 Å². The number of amides is 1. The Hall–Kier alpha value is -0.860. The van der Waals surface area contributed by atoms with Crippen molar-refractivity contribution in [2.45, 2.75) is 43.8 Å². The van der Waals surface area contributed by atoms with Crippen LogP contribution in [0.25, 0.3) is 0 Å². The number of fused-ring (bicyclic) bond motifs is 1. The maximum absolute atomic E-state index is 12.7. The van der Waals surface area contributed by atoms with E-state index >= 15 is 0 Å². The fourth-order valence-corrected chi connectivity index (χ4v) is 6.65. The molecule has 0 aliphatic carbocycles. The average Bonchev–Trinajstić information content (AvgIpc) is 2.38. The third kappa shape index (κ3) is 2.23. The molecule has 0 radical (unpaired) electrons. The Morgan fingerprint density at radius 3 is 2.27 bits per heavy atom. The van der Waals surface area contributed by atoms with E-state index in [9.17, 15) is 18.0 Å². The van der Waals surface area contributed by atoms with Crippen molar-refractivity contribution in [3.63, 3.8) is 0 Å². The number of sulfone groups is 1. The third-order valence-corrected chi connectivity index (χ3v) is 8.21. The number of nitrogens with zero attached hydrogens (tertiary/aromatic N) is 1. The van der Waals surface area contributed by atoms with E-state index in [0.29, 0.717) is 5.57 Å². The minimum Gasteiger partial charge on any atom is -0.368 e. The molecule has 8 heteroatoms. The molecular weight excluding hydrogens is 326 g/mol. The summed E-state index contributed by atoms with van der Waals surface area (Å²) < 4.78 is 29.6. The van der Waals surface area contributed by atoms with Crippen LogP contribution >= 0.6 is 11.8 Å². The molecule has 3 atom stereocenters. The molecule has 0 saturated carbocycles. The van der Waals surface area contributed by atoms with Gasteiger partial charge in [0.05, 0.1) is 5.70 Å². The molecule has 0 bridgehead atoms. The number of thioether (sulfide) groups is 1. The number of β-lactam (4-membered cyclic amide) rings is 1. The number of ketones is 1. The first-order valence-electron chi connectivity index (χ1n) is 6.87. The molecule has 0 aromatic heterocycles. The van der Waals surface area contributed by atoms with Crippen molar-refractivity contribution in [3.05, 3.63) is 11.3 Å². The molecule has 6 nitrogen and oxygen atoms in total. The SMILES string of the molecule is CO[C@H]1C(=O)N2C(C(=O)C(C)(C)C)=C(C)C(SC)S(=O)(=O)[C@H]12. The van der Waals surface area contributed by atoms with Crippen LogP contribution in [0.1, 0.15) is 27.7 Å². The molecule has 2 rings (SSSR count). The van der Waals surface area contributed by atoms with E-state index in [1.54, 1.807) is 34.0 Å². The summed E-state index contributed by atoms with van der Waals surface area (Å²) in [4.78, 5) is 26.1. The predicted molar refractivity (Wildman–Crippen MR) is 84.8 cm³/mol. The molecule has 2 heterocycles. The first-order valence-corrected chi connectivity index (χ1v) is 9.76. The number of carbonyl (C=O) groups excluding carboxylic acids is 2. The summed E-state index contributed by atoms with van der Waals surface area (Å²) in [6.45, 7) is 6.86. The lowest BCUT2D eigenvalue weighted by Gasteiger charge is -2.51. The van der Waals surface area contributed by atoms with Crippen LogP contribution in [0.4, 0.5) is 0 Å². The fraction of sp³-hybridized carbons (Fsp3) is 0.714. The van der Waals surface area contributed by atoms with Gasteiger partial charge in [0.15, 0.2) is 27.1 Å². The molecule has 0 aromatic carbocycles. The van der Waals surface area contributed by atoms with E-state index in [1.807, 2.05) is 0 Å². The van der Waals surface area contributed by atoms with Gasteiger partial charge >= 0.3 is 0 Å². The lowest BCUT2D eigenvalue weighted by Crippen LogP contribution is -2.71. The largest absolute Gasteiger partial charge is 0.368 e. The van der Waals surface area contributed by atoms with E-state index in [-0.39, 0.29) is 11.5 Å². The Morgan fingerprint density at radius 1 is 1.32 bits per heavy atom. The zero-order valence-electron chi connectivity index (χ0n) is 13.5. The van der Waals surface area contributed by atoms with E-state index in [0.717, 1.165) is 16.7 Å². The standard InChI is InChI=1S/C14H21NO5S2/c1-7-8(10(16)14(2,3)4)15-11(17)9(20-5)12(15)22(18,19)13(7)21-6/h9,12-13H,1-6H3/t9-,12+,13?/m0/s1. The second kappa shape index (κ2) is 5.35. The zero-order valence-corrected chi connectivity index (χ0v) is 15.2. The van der Waals surface area contributed by atoms with Gasteiger partial charge in [0, 0.05) is 12.5 Å². The maximum Gasteiger partial charge on any atom is 0.260 e. The summed E-state index contributed by atoms with van der Waals surface area (Å²) in [5.41, 5.74) is -0.0690. The van der Waals surface area contributed by atoms with Gasteiger partial charge in [0.25, 0.3) is 5.91 Å². The van der Waals surface area contributed by atoms with Crippen molar-refractivity contribution < 1.29 is 22.7 Å². The maximum atomic E-state index is 12.7. The summed E-state index contributed by atoms with van der Waals surface area (Å²) in [6.07, 6.45) is 0.651. The minimum atomic E-state index is -3.64. The first-order chi connectivity index (χ1) is 10.00. The normalized spacial score (nSPS) is 30.9. The molecule has 1 unspecified atom stereocenters. The highest BCUT2D eigenvalue weighted by Crippen LogP contribution is 2.45.